The van der Waals surface area contributed by atoms with Gasteiger partial charge >= 0.3 is 5.84 Å². The molecule has 1 saturated carbocycles. The van der Waals surface area contributed by atoms with E-state index in [-0.39, 0.29) is 5.54 Å². The highest BCUT2D eigenvalue weighted by Gasteiger charge is 2.52. The van der Waals surface area contributed by atoms with Crippen molar-refractivity contribution in [2.75, 3.05) is 4.90 Å². The SMILES string of the molecule is Cc1ccccc1N1C(C)c2c(nc3occn23)C12CCCCC2. The lowest BCUT2D eigenvalue weighted by atomic mass is 9.79. The molecule has 1 aromatic carbocycles. The van der Waals surface area contributed by atoms with Crippen LogP contribution in [0.15, 0.2) is 41.1 Å². The zero-order valence-corrected chi connectivity index (χ0v) is 14.3. The number of nitrogens with zero attached hydrogens (tertiary/aromatic N) is 3. The first-order chi connectivity index (χ1) is 11.7. The van der Waals surface area contributed by atoms with Crippen LogP contribution in [0, 0.1) is 6.92 Å². The van der Waals surface area contributed by atoms with Crippen molar-refractivity contribution in [3.63, 3.8) is 0 Å². The second-order valence-electron chi connectivity index (χ2n) is 7.33. The topological polar surface area (TPSA) is 33.7 Å². The Morgan fingerprint density at radius 1 is 1.17 bits per heavy atom. The van der Waals surface area contributed by atoms with Gasteiger partial charge in [-0.25, -0.2) is 0 Å². The van der Waals surface area contributed by atoms with Crippen molar-refractivity contribution in [1.82, 2.24) is 9.38 Å². The largest absolute Gasteiger partial charge is 0.432 e. The molecule has 5 rings (SSSR count). The Kier molecular flexibility index (Phi) is 2.88. The molecular formula is C20H23N3O. The number of fused-ring (bicyclic) bond motifs is 4. The number of hydrogen-bond acceptors (Lipinski definition) is 3. The summed E-state index contributed by atoms with van der Waals surface area (Å²) in [6.45, 7) is 4.53. The third kappa shape index (κ3) is 1.66. The Morgan fingerprint density at radius 2 is 1.96 bits per heavy atom. The molecule has 0 amide bonds. The summed E-state index contributed by atoms with van der Waals surface area (Å²) in [5, 5.41) is 0. The van der Waals surface area contributed by atoms with Gasteiger partial charge < -0.3 is 9.32 Å². The summed E-state index contributed by atoms with van der Waals surface area (Å²) >= 11 is 0. The minimum Gasteiger partial charge on any atom is -0.432 e. The number of benzene rings is 1. The quantitative estimate of drug-likeness (QED) is 0.634. The Morgan fingerprint density at radius 3 is 2.75 bits per heavy atom. The predicted molar refractivity (Wildman–Crippen MR) is 94.3 cm³/mol. The summed E-state index contributed by atoms with van der Waals surface area (Å²) in [4.78, 5) is 7.59. The van der Waals surface area contributed by atoms with Crippen molar-refractivity contribution < 1.29 is 4.42 Å². The van der Waals surface area contributed by atoms with Gasteiger partial charge in [0.25, 0.3) is 0 Å². The van der Waals surface area contributed by atoms with Crippen molar-refractivity contribution in [1.29, 1.82) is 0 Å². The first-order valence-electron chi connectivity index (χ1n) is 9.03. The monoisotopic (exact) mass is 321 g/mol. The number of aromatic nitrogens is 2. The van der Waals surface area contributed by atoms with E-state index >= 15 is 0 Å². The van der Waals surface area contributed by atoms with Gasteiger partial charge in [0.05, 0.1) is 23.0 Å². The molecule has 3 aromatic rings. The zero-order chi connectivity index (χ0) is 16.3. The minimum absolute atomic E-state index is 0.0215. The van der Waals surface area contributed by atoms with Crippen LogP contribution in [0.5, 0.6) is 0 Å². The van der Waals surface area contributed by atoms with E-state index in [1.807, 2.05) is 6.20 Å². The molecule has 2 aromatic heterocycles. The van der Waals surface area contributed by atoms with E-state index in [0.29, 0.717) is 6.04 Å². The number of rotatable bonds is 1. The van der Waals surface area contributed by atoms with Crippen LogP contribution < -0.4 is 4.90 Å². The van der Waals surface area contributed by atoms with Crippen LogP contribution in [-0.2, 0) is 5.54 Å². The van der Waals surface area contributed by atoms with Crippen LogP contribution in [0.1, 0.15) is 62.0 Å². The molecule has 3 heterocycles. The molecular weight excluding hydrogens is 298 g/mol. The normalized spacial score (nSPS) is 22.4. The molecule has 2 aliphatic rings. The maximum absolute atomic E-state index is 5.60. The number of oxazole rings is 1. The van der Waals surface area contributed by atoms with Gasteiger partial charge in [-0.3, -0.25) is 4.40 Å². The molecule has 0 saturated heterocycles. The maximum atomic E-state index is 5.60. The number of anilines is 1. The molecule has 1 unspecified atom stereocenters. The van der Waals surface area contributed by atoms with E-state index in [4.69, 9.17) is 9.40 Å². The maximum Gasteiger partial charge on any atom is 0.306 e. The van der Waals surface area contributed by atoms with E-state index in [2.05, 4.69) is 47.4 Å². The minimum atomic E-state index is 0.0215. The molecule has 0 radical (unpaired) electrons. The van der Waals surface area contributed by atoms with Crippen molar-refractivity contribution in [2.45, 2.75) is 57.5 Å². The molecule has 1 spiro atoms. The lowest BCUT2D eigenvalue weighted by Gasteiger charge is -2.45. The molecule has 0 bridgehead atoms. The summed E-state index contributed by atoms with van der Waals surface area (Å²) in [5.41, 5.74) is 5.27. The molecule has 24 heavy (non-hydrogen) atoms. The van der Waals surface area contributed by atoms with Crippen LogP contribution in [-0.4, -0.2) is 9.38 Å². The fraction of sp³-hybridized carbons (Fsp3) is 0.450. The Balaban J connectivity index is 1.77. The zero-order valence-electron chi connectivity index (χ0n) is 14.3. The summed E-state index contributed by atoms with van der Waals surface area (Å²) in [6, 6.07) is 9.07. The fourth-order valence-corrected chi connectivity index (χ4v) is 5.04. The van der Waals surface area contributed by atoms with Crippen molar-refractivity contribution in [3.05, 3.63) is 53.7 Å². The van der Waals surface area contributed by atoms with Gasteiger partial charge in [0, 0.05) is 11.9 Å². The van der Waals surface area contributed by atoms with Gasteiger partial charge in [0.2, 0.25) is 0 Å². The van der Waals surface area contributed by atoms with Gasteiger partial charge in [-0.1, -0.05) is 37.5 Å². The average Bonchev–Trinajstić information content (AvgIpc) is 3.23. The standard InChI is InChI=1S/C20H23N3O/c1-14-8-4-5-9-16(14)23-15(2)17-18(20(23)10-6-3-7-11-20)21-19-22(17)12-13-24-19/h4-5,8-9,12-13,15H,3,6-7,10-11H2,1-2H3. The van der Waals surface area contributed by atoms with Crippen LogP contribution in [0.25, 0.3) is 5.84 Å². The van der Waals surface area contributed by atoms with E-state index in [1.54, 1.807) is 6.26 Å². The molecule has 0 N–H and O–H groups in total. The molecule has 4 nitrogen and oxygen atoms in total. The number of imidazole rings is 1. The van der Waals surface area contributed by atoms with E-state index < -0.39 is 0 Å². The second-order valence-corrected chi connectivity index (χ2v) is 7.33. The highest BCUT2D eigenvalue weighted by molar-refractivity contribution is 5.63. The Hall–Kier alpha value is -2.23. The lowest BCUT2D eigenvalue weighted by Crippen LogP contribution is -2.44. The van der Waals surface area contributed by atoms with Crippen LogP contribution in [0.3, 0.4) is 0 Å². The van der Waals surface area contributed by atoms with E-state index in [0.717, 1.165) is 5.84 Å². The van der Waals surface area contributed by atoms with Gasteiger partial charge in [-0.2, -0.15) is 4.98 Å². The summed E-state index contributed by atoms with van der Waals surface area (Å²) in [6.07, 6.45) is 9.98. The number of aryl methyl sites for hydroxylation is 1. The van der Waals surface area contributed by atoms with E-state index in [9.17, 15) is 0 Å². The van der Waals surface area contributed by atoms with Crippen LogP contribution >= 0.6 is 0 Å². The van der Waals surface area contributed by atoms with Crippen molar-refractivity contribution in [2.24, 2.45) is 0 Å². The summed E-state index contributed by atoms with van der Waals surface area (Å²) < 4.78 is 7.74. The number of hydrogen-bond donors (Lipinski definition) is 0. The summed E-state index contributed by atoms with van der Waals surface area (Å²) in [5.74, 6) is 0.737. The first-order valence-corrected chi connectivity index (χ1v) is 9.03. The Bertz CT molecular complexity index is 901. The highest BCUT2D eigenvalue weighted by Crippen LogP contribution is 2.55. The van der Waals surface area contributed by atoms with Gasteiger partial charge in [-0.15, -0.1) is 0 Å². The van der Waals surface area contributed by atoms with E-state index in [1.165, 1.54) is 54.7 Å². The third-order valence-electron chi connectivity index (χ3n) is 6.04. The highest BCUT2D eigenvalue weighted by atomic mass is 16.3. The molecule has 4 heteroatoms. The van der Waals surface area contributed by atoms with Crippen molar-refractivity contribution in [3.8, 4) is 0 Å². The van der Waals surface area contributed by atoms with Crippen LogP contribution in [0.4, 0.5) is 5.69 Å². The average molecular weight is 321 g/mol. The Labute approximate surface area is 142 Å². The van der Waals surface area contributed by atoms with Crippen LogP contribution in [0.2, 0.25) is 0 Å². The predicted octanol–water partition coefficient (Wildman–Crippen LogP) is 4.98. The number of para-hydroxylation sites is 1. The summed E-state index contributed by atoms with van der Waals surface area (Å²) in [7, 11) is 0. The molecule has 1 fully saturated rings. The molecule has 1 aliphatic carbocycles. The molecule has 1 atom stereocenters. The van der Waals surface area contributed by atoms with Gasteiger partial charge in [-0.05, 0) is 38.3 Å². The smallest absolute Gasteiger partial charge is 0.306 e. The first kappa shape index (κ1) is 14.1. The lowest BCUT2D eigenvalue weighted by molar-refractivity contribution is 0.278. The molecule has 1 aliphatic heterocycles. The fourth-order valence-electron chi connectivity index (χ4n) is 5.04. The van der Waals surface area contributed by atoms with Crippen molar-refractivity contribution >= 4 is 11.5 Å². The second kappa shape index (κ2) is 4.88. The molecule has 124 valence electrons. The van der Waals surface area contributed by atoms with Gasteiger partial charge in [0.1, 0.15) is 6.26 Å². The third-order valence-corrected chi connectivity index (χ3v) is 6.04. The van der Waals surface area contributed by atoms with Gasteiger partial charge in [0.15, 0.2) is 0 Å².